The fourth-order valence-electron chi connectivity index (χ4n) is 3.74. The second-order valence-corrected chi connectivity index (χ2v) is 6.57. The number of fused-ring (bicyclic) bond motifs is 1. The van der Waals surface area contributed by atoms with Crippen molar-refractivity contribution in [1.82, 2.24) is 4.90 Å². The number of para-hydroxylation sites is 1. The molecule has 1 fully saturated rings. The van der Waals surface area contributed by atoms with Gasteiger partial charge in [-0.2, -0.15) is 0 Å². The molecule has 1 N–H and O–H groups in total. The maximum atomic E-state index is 12.8. The number of hydrogen-bond acceptors (Lipinski definition) is 5. The molecule has 4 rings (SSSR count). The lowest BCUT2D eigenvalue weighted by atomic mass is 9.96. The molecule has 26 heavy (non-hydrogen) atoms. The monoisotopic (exact) mass is 351 g/mol. The summed E-state index contributed by atoms with van der Waals surface area (Å²) in [7, 11) is 1.62. The van der Waals surface area contributed by atoms with Gasteiger partial charge in [0.15, 0.2) is 0 Å². The number of likely N-dealkylation sites (tertiary alicyclic amines) is 1. The smallest absolute Gasteiger partial charge is 0.345 e. The van der Waals surface area contributed by atoms with Crippen LogP contribution in [0.25, 0.3) is 11.0 Å². The summed E-state index contributed by atoms with van der Waals surface area (Å²) in [6, 6.07) is 14.4. The molecule has 0 unspecified atom stereocenters. The molecular weight excluding hydrogens is 330 g/mol. The molecule has 0 spiro atoms. The Bertz CT molecular complexity index is 971. The normalized spacial score (nSPS) is 16.0. The predicted molar refractivity (Wildman–Crippen MR) is 99.8 cm³/mol. The summed E-state index contributed by atoms with van der Waals surface area (Å²) >= 11 is 0. The summed E-state index contributed by atoms with van der Waals surface area (Å²) in [5, 5.41) is 11.5. The first-order valence-electron chi connectivity index (χ1n) is 8.82. The molecule has 1 aromatic heterocycles. The summed E-state index contributed by atoms with van der Waals surface area (Å²) in [6.45, 7) is 1.75. The lowest BCUT2D eigenvalue weighted by molar-refractivity contribution is 0.269. The third-order valence-electron chi connectivity index (χ3n) is 5.03. The minimum Gasteiger partial charge on any atom is -0.507 e. The third kappa shape index (κ3) is 2.84. The number of hydrogen-bond donors (Lipinski definition) is 1. The fraction of sp³-hybridized carbons (Fsp3) is 0.286. The summed E-state index contributed by atoms with van der Waals surface area (Å²) in [6.07, 6.45) is 2.15. The summed E-state index contributed by atoms with van der Waals surface area (Å²) in [5.74, 6) is 0.758. The van der Waals surface area contributed by atoms with Crippen LogP contribution in [0.2, 0.25) is 0 Å². The lowest BCUT2D eigenvalue weighted by Crippen LogP contribution is -2.30. The Kier molecular flexibility index (Phi) is 4.39. The van der Waals surface area contributed by atoms with E-state index in [9.17, 15) is 9.90 Å². The molecule has 1 aliphatic heterocycles. The molecule has 5 nitrogen and oxygen atoms in total. The Hall–Kier alpha value is -2.79. The van der Waals surface area contributed by atoms with Crippen LogP contribution in [0.5, 0.6) is 11.5 Å². The molecule has 1 atom stereocenters. The summed E-state index contributed by atoms with van der Waals surface area (Å²) in [5.41, 5.74) is 1.14. The molecule has 5 heteroatoms. The first kappa shape index (κ1) is 16.7. The van der Waals surface area contributed by atoms with E-state index in [0.717, 1.165) is 37.2 Å². The van der Waals surface area contributed by atoms with Crippen molar-refractivity contribution in [3.63, 3.8) is 0 Å². The largest absolute Gasteiger partial charge is 0.507 e. The maximum Gasteiger partial charge on any atom is 0.345 e. The number of ether oxygens (including phenoxy) is 1. The zero-order valence-electron chi connectivity index (χ0n) is 14.6. The van der Waals surface area contributed by atoms with E-state index >= 15 is 0 Å². The van der Waals surface area contributed by atoms with Crippen molar-refractivity contribution in [2.45, 2.75) is 18.9 Å². The number of methoxy groups -OCH3 is 1. The zero-order valence-corrected chi connectivity index (χ0v) is 14.6. The van der Waals surface area contributed by atoms with Crippen LogP contribution in [-0.2, 0) is 0 Å². The lowest BCUT2D eigenvalue weighted by Gasteiger charge is -2.28. The molecule has 2 aromatic carbocycles. The molecule has 0 bridgehead atoms. The molecule has 0 saturated carbocycles. The van der Waals surface area contributed by atoms with Crippen molar-refractivity contribution >= 4 is 11.0 Å². The number of rotatable bonds is 4. The Morgan fingerprint density at radius 1 is 1.08 bits per heavy atom. The first-order chi connectivity index (χ1) is 12.7. The zero-order chi connectivity index (χ0) is 18.1. The van der Waals surface area contributed by atoms with E-state index in [1.807, 2.05) is 30.3 Å². The quantitative estimate of drug-likeness (QED) is 0.726. The van der Waals surface area contributed by atoms with Gasteiger partial charge >= 0.3 is 5.63 Å². The van der Waals surface area contributed by atoms with Gasteiger partial charge < -0.3 is 14.3 Å². The van der Waals surface area contributed by atoms with Crippen LogP contribution >= 0.6 is 0 Å². The molecule has 2 heterocycles. The van der Waals surface area contributed by atoms with E-state index in [4.69, 9.17) is 9.15 Å². The number of benzene rings is 2. The van der Waals surface area contributed by atoms with Crippen LogP contribution in [0.15, 0.2) is 57.7 Å². The van der Waals surface area contributed by atoms with Gasteiger partial charge in [0.05, 0.1) is 18.5 Å². The van der Waals surface area contributed by atoms with Crippen LogP contribution < -0.4 is 10.4 Å². The van der Waals surface area contributed by atoms with Crippen LogP contribution in [0.3, 0.4) is 0 Å². The molecule has 0 amide bonds. The third-order valence-corrected chi connectivity index (χ3v) is 5.03. The summed E-state index contributed by atoms with van der Waals surface area (Å²) < 4.78 is 10.8. The second kappa shape index (κ2) is 6.84. The highest BCUT2D eigenvalue weighted by Gasteiger charge is 2.31. The highest BCUT2D eigenvalue weighted by Crippen LogP contribution is 2.38. The Morgan fingerprint density at radius 3 is 2.46 bits per heavy atom. The van der Waals surface area contributed by atoms with Crippen LogP contribution in [0.4, 0.5) is 0 Å². The number of aromatic hydroxyl groups is 1. The average Bonchev–Trinajstić information content (AvgIpc) is 3.19. The topological polar surface area (TPSA) is 62.9 Å². The van der Waals surface area contributed by atoms with Crippen molar-refractivity contribution < 1.29 is 14.3 Å². The molecule has 134 valence electrons. The van der Waals surface area contributed by atoms with Crippen LogP contribution in [0.1, 0.15) is 30.0 Å². The number of nitrogens with zero attached hydrogens (tertiary/aromatic N) is 1. The minimum absolute atomic E-state index is 0.00423. The standard InChI is InChI=1S/C21H21NO4/c1-25-15-10-8-14(9-11-15)19(22-12-4-5-13-22)18-20(23)16-6-2-3-7-17(16)26-21(18)24/h2-3,6-11,19,23H,4-5,12-13H2,1H3/t19-/m0/s1. The van der Waals surface area contributed by atoms with E-state index in [0.29, 0.717) is 16.5 Å². The van der Waals surface area contributed by atoms with Crippen molar-refractivity contribution in [3.05, 3.63) is 70.1 Å². The Balaban J connectivity index is 1.91. The van der Waals surface area contributed by atoms with Gasteiger partial charge in [-0.3, -0.25) is 4.90 Å². The van der Waals surface area contributed by atoms with Gasteiger partial charge in [-0.25, -0.2) is 4.79 Å². The molecule has 0 aliphatic carbocycles. The SMILES string of the molecule is COc1ccc([C@@H](c2c(O)c3ccccc3oc2=O)N2CCCC2)cc1. The van der Waals surface area contributed by atoms with E-state index < -0.39 is 5.63 Å². The molecule has 3 aromatic rings. The van der Waals surface area contributed by atoms with Crippen LogP contribution in [-0.4, -0.2) is 30.2 Å². The minimum atomic E-state index is -0.492. The van der Waals surface area contributed by atoms with E-state index in [2.05, 4.69) is 4.90 Å². The molecular formula is C21H21NO4. The van der Waals surface area contributed by atoms with Crippen molar-refractivity contribution in [2.75, 3.05) is 20.2 Å². The Morgan fingerprint density at radius 2 is 1.77 bits per heavy atom. The van der Waals surface area contributed by atoms with Gasteiger partial charge in [-0.15, -0.1) is 0 Å². The van der Waals surface area contributed by atoms with Crippen molar-refractivity contribution in [1.29, 1.82) is 0 Å². The van der Waals surface area contributed by atoms with Crippen LogP contribution in [0, 0.1) is 0 Å². The molecule has 1 aliphatic rings. The van der Waals surface area contributed by atoms with Gasteiger partial charge in [0.2, 0.25) is 0 Å². The van der Waals surface area contributed by atoms with Gasteiger partial charge in [0.25, 0.3) is 0 Å². The van der Waals surface area contributed by atoms with E-state index in [-0.39, 0.29) is 11.8 Å². The maximum absolute atomic E-state index is 12.8. The highest BCUT2D eigenvalue weighted by atomic mass is 16.5. The first-order valence-corrected chi connectivity index (χ1v) is 8.82. The fourth-order valence-corrected chi connectivity index (χ4v) is 3.74. The highest BCUT2D eigenvalue weighted by molar-refractivity contribution is 5.84. The Labute approximate surface area is 151 Å². The predicted octanol–water partition coefficient (Wildman–Crippen LogP) is 3.69. The van der Waals surface area contributed by atoms with Crippen molar-refractivity contribution in [2.24, 2.45) is 0 Å². The van der Waals surface area contributed by atoms with E-state index in [1.54, 1.807) is 25.3 Å². The van der Waals surface area contributed by atoms with Gasteiger partial charge in [0, 0.05) is 0 Å². The van der Waals surface area contributed by atoms with Crippen molar-refractivity contribution in [3.8, 4) is 11.5 Å². The van der Waals surface area contributed by atoms with Gasteiger partial charge in [-0.1, -0.05) is 24.3 Å². The van der Waals surface area contributed by atoms with E-state index in [1.165, 1.54) is 0 Å². The molecule has 1 saturated heterocycles. The van der Waals surface area contributed by atoms with Gasteiger partial charge in [0.1, 0.15) is 22.6 Å². The second-order valence-electron chi connectivity index (χ2n) is 6.57. The summed E-state index contributed by atoms with van der Waals surface area (Å²) in [4.78, 5) is 15.0. The van der Waals surface area contributed by atoms with Gasteiger partial charge in [-0.05, 0) is 55.8 Å². The molecule has 0 radical (unpaired) electrons. The average molecular weight is 351 g/mol.